The number of amides is 2. The molecule has 0 aliphatic rings. The standard InChI is InChI=1S/C15H12N4O2S2/c1-9(20)17-15-19-11-3-2-10(8-12(11)23-15)18-13(21)4-5-14-16-6-7-22-14/h2-8H,1H3,(H,18,21)(H,17,19,20)/b5-4+. The second kappa shape index (κ2) is 6.67. The topological polar surface area (TPSA) is 84.0 Å². The minimum atomic E-state index is -0.230. The highest BCUT2D eigenvalue weighted by Crippen LogP contribution is 2.28. The van der Waals surface area contributed by atoms with Crippen LogP contribution in [0.4, 0.5) is 10.8 Å². The summed E-state index contributed by atoms with van der Waals surface area (Å²) < 4.78 is 0.885. The highest BCUT2D eigenvalue weighted by molar-refractivity contribution is 7.22. The normalized spacial score (nSPS) is 11.0. The van der Waals surface area contributed by atoms with E-state index in [2.05, 4.69) is 20.6 Å². The Hall–Kier alpha value is -2.58. The minimum Gasteiger partial charge on any atom is -0.322 e. The summed E-state index contributed by atoms with van der Waals surface area (Å²) >= 11 is 2.82. The molecular formula is C15H12N4O2S2. The molecule has 0 radical (unpaired) electrons. The van der Waals surface area contributed by atoms with Gasteiger partial charge in [0, 0.05) is 30.3 Å². The summed E-state index contributed by atoms with van der Waals surface area (Å²) in [6.45, 7) is 1.44. The van der Waals surface area contributed by atoms with Crippen LogP contribution in [0.15, 0.2) is 35.9 Å². The molecule has 1 aromatic carbocycles. The van der Waals surface area contributed by atoms with Gasteiger partial charge in [0.05, 0.1) is 10.2 Å². The number of carbonyl (C=O) groups excluding carboxylic acids is 2. The third-order valence-electron chi connectivity index (χ3n) is 2.77. The molecule has 3 rings (SSSR count). The van der Waals surface area contributed by atoms with Gasteiger partial charge in [0.2, 0.25) is 11.8 Å². The van der Waals surface area contributed by atoms with Crippen LogP contribution in [0.25, 0.3) is 16.3 Å². The zero-order chi connectivity index (χ0) is 16.2. The summed E-state index contributed by atoms with van der Waals surface area (Å²) in [7, 11) is 0. The molecule has 0 spiro atoms. The maximum absolute atomic E-state index is 11.9. The molecule has 2 heterocycles. The van der Waals surface area contributed by atoms with Crippen molar-refractivity contribution in [3.63, 3.8) is 0 Å². The van der Waals surface area contributed by atoms with Crippen molar-refractivity contribution in [2.75, 3.05) is 10.6 Å². The van der Waals surface area contributed by atoms with Crippen molar-refractivity contribution in [3.05, 3.63) is 40.9 Å². The van der Waals surface area contributed by atoms with Gasteiger partial charge in [-0.25, -0.2) is 9.97 Å². The number of carbonyl (C=O) groups is 2. The molecule has 0 bridgehead atoms. The molecule has 2 aromatic heterocycles. The lowest BCUT2D eigenvalue weighted by atomic mass is 10.3. The summed E-state index contributed by atoms with van der Waals surface area (Å²) in [5.74, 6) is -0.393. The van der Waals surface area contributed by atoms with Crippen molar-refractivity contribution in [2.24, 2.45) is 0 Å². The van der Waals surface area contributed by atoms with Crippen molar-refractivity contribution in [2.45, 2.75) is 6.92 Å². The molecule has 0 fully saturated rings. The van der Waals surface area contributed by atoms with Gasteiger partial charge >= 0.3 is 0 Å². The van der Waals surface area contributed by atoms with E-state index in [1.165, 1.54) is 35.7 Å². The van der Waals surface area contributed by atoms with Gasteiger partial charge in [0.1, 0.15) is 5.01 Å². The lowest BCUT2D eigenvalue weighted by Gasteiger charge is -2.01. The Morgan fingerprint density at radius 2 is 2.13 bits per heavy atom. The van der Waals surface area contributed by atoms with Gasteiger partial charge in [-0.15, -0.1) is 11.3 Å². The van der Waals surface area contributed by atoms with Gasteiger partial charge in [-0.05, 0) is 24.3 Å². The second-order valence-corrected chi connectivity index (χ2v) is 6.53. The molecule has 6 nitrogen and oxygen atoms in total. The molecule has 3 aromatic rings. The van der Waals surface area contributed by atoms with Crippen LogP contribution >= 0.6 is 22.7 Å². The number of nitrogens with zero attached hydrogens (tertiary/aromatic N) is 2. The van der Waals surface area contributed by atoms with Gasteiger partial charge in [-0.2, -0.15) is 0 Å². The Morgan fingerprint density at radius 3 is 2.87 bits per heavy atom. The van der Waals surface area contributed by atoms with Gasteiger partial charge in [0.15, 0.2) is 5.13 Å². The van der Waals surface area contributed by atoms with Crippen molar-refractivity contribution in [1.29, 1.82) is 0 Å². The fraction of sp³-hybridized carbons (Fsp3) is 0.0667. The van der Waals surface area contributed by atoms with Crippen LogP contribution in [0.2, 0.25) is 0 Å². The number of rotatable bonds is 4. The van der Waals surface area contributed by atoms with Crippen molar-refractivity contribution < 1.29 is 9.59 Å². The van der Waals surface area contributed by atoms with Crippen LogP contribution < -0.4 is 10.6 Å². The van der Waals surface area contributed by atoms with Crippen LogP contribution in [-0.4, -0.2) is 21.8 Å². The Morgan fingerprint density at radius 1 is 1.26 bits per heavy atom. The number of thiazole rings is 2. The average Bonchev–Trinajstić information content (AvgIpc) is 3.12. The first-order valence-electron chi connectivity index (χ1n) is 6.67. The third kappa shape index (κ3) is 3.99. The van der Waals surface area contributed by atoms with Gasteiger partial charge < -0.3 is 10.6 Å². The molecule has 0 aliphatic heterocycles. The van der Waals surface area contributed by atoms with Crippen LogP contribution in [0, 0.1) is 0 Å². The predicted octanol–water partition coefficient (Wildman–Crippen LogP) is 3.36. The molecule has 0 atom stereocenters. The summed E-state index contributed by atoms with van der Waals surface area (Å²) in [4.78, 5) is 31.3. The second-order valence-electron chi connectivity index (χ2n) is 4.58. The largest absolute Gasteiger partial charge is 0.322 e. The summed E-state index contributed by atoms with van der Waals surface area (Å²) in [6, 6.07) is 5.40. The maximum atomic E-state index is 11.9. The first-order chi connectivity index (χ1) is 11.1. The van der Waals surface area contributed by atoms with Crippen LogP contribution in [-0.2, 0) is 9.59 Å². The zero-order valence-electron chi connectivity index (χ0n) is 12.1. The van der Waals surface area contributed by atoms with Crippen LogP contribution in [0.1, 0.15) is 11.9 Å². The smallest absolute Gasteiger partial charge is 0.248 e. The minimum absolute atomic E-state index is 0.162. The fourth-order valence-electron chi connectivity index (χ4n) is 1.85. The van der Waals surface area contributed by atoms with E-state index < -0.39 is 0 Å². The van der Waals surface area contributed by atoms with Crippen LogP contribution in [0.5, 0.6) is 0 Å². The summed E-state index contributed by atoms with van der Waals surface area (Å²) in [6.07, 6.45) is 4.80. The average molecular weight is 344 g/mol. The number of aromatic nitrogens is 2. The van der Waals surface area contributed by atoms with E-state index in [-0.39, 0.29) is 11.8 Å². The summed E-state index contributed by atoms with van der Waals surface area (Å²) in [5, 5.41) is 8.61. The molecule has 2 N–H and O–H groups in total. The molecule has 0 saturated carbocycles. The maximum Gasteiger partial charge on any atom is 0.248 e. The number of hydrogen-bond acceptors (Lipinski definition) is 6. The monoisotopic (exact) mass is 344 g/mol. The van der Waals surface area contributed by atoms with E-state index >= 15 is 0 Å². The first-order valence-corrected chi connectivity index (χ1v) is 8.36. The third-order valence-corrected chi connectivity index (χ3v) is 4.44. The molecule has 116 valence electrons. The number of anilines is 2. The number of hydrogen-bond donors (Lipinski definition) is 2. The Bertz CT molecular complexity index is 884. The molecular weight excluding hydrogens is 332 g/mol. The van der Waals surface area contributed by atoms with E-state index in [0.717, 1.165) is 15.2 Å². The molecule has 2 amide bonds. The Labute approximate surface area is 139 Å². The van der Waals surface area contributed by atoms with Crippen LogP contribution in [0.3, 0.4) is 0 Å². The zero-order valence-corrected chi connectivity index (χ0v) is 13.7. The van der Waals surface area contributed by atoms with Crippen molar-refractivity contribution in [3.8, 4) is 0 Å². The molecule has 0 saturated heterocycles. The predicted molar refractivity (Wildman–Crippen MR) is 93.7 cm³/mol. The lowest BCUT2D eigenvalue weighted by molar-refractivity contribution is -0.114. The van der Waals surface area contributed by atoms with E-state index in [1.54, 1.807) is 24.4 Å². The number of fused-ring (bicyclic) bond motifs is 1. The molecule has 0 unspecified atom stereocenters. The molecule has 8 heteroatoms. The lowest BCUT2D eigenvalue weighted by Crippen LogP contribution is -2.07. The molecule has 0 aliphatic carbocycles. The van der Waals surface area contributed by atoms with Gasteiger partial charge in [0.25, 0.3) is 0 Å². The highest BCUT2D eigenvalue weighted by Gasteiger charge is 2.07. The highest BCUT2D eigenvalue weighted by atomic mass is 32.1. The van der Waals surface area contributed by atoms with Gasteiger partial charge in [-0.1, -0.05) is 11.3 Å². The van der Waals surface area contributed by atoms with Crippen molar-refractivity contribution in [1.82, 2.24) is 9.97 Å². The number of benzene rings is 1. The summed E-state index contributed by atoms with van der Waals surface area (Å²) in [5.41, 5.74) is 1.44. The Kier molecular flexibility index (Phi) is 4.45. The van der Waals surface area contributed by atoms with Gasteiger partial charge in [-0.3, -0.25) is 9.59 Å². The van der Waals surface area contributed by atoms with E-state index in [4.69, 9.17) is 0 Å². The molecule has 23 heavy (non-hydrogen) atoms. The SMILES string of the molecule is CC(=O)Nc1nc2ccc(NC(=O)/C=C/c3nccs3)cc2s1. The Balaban J connectivity index is 1.72. The first kappa shape index (κ1) is 15.3. The van der Waals surface area contributed by atoms with E-state index in [0.29, 0.717) is 10.8 Å². The number of nitrogens with one attached hydrogen (secondary N) is 2. The fourth-order valence-corrected chi connectivity index (χ4v) is 3.33. The van der Waals surface area contributed by atoms with E-state index in [9.17, 15) is 9.59 Å². The quantitative estimate of drug-likeness (QED) is 0.711. The van der Waals surface area contributed by atoms with Crippen molar-refractivity contribution >= 4 is 61.6 Å². The van der Waals surface area contributed by atoms with E-state index in [1.807, 2.05) is 11.4 Å².